The smallest absolute Gasteiger partial charge is 0.331 e. The van der Waals surface area contributed by atoms with Gasteiger partial charge in [0, 0.05) is 0 Å². The molecule has 1 fully saturated rings. The Bertz CT molecular complexity index is 1460. The highest BCUT2D eigenvalue weighted by molar-refractivity contribution is 9.10. The van der Waals surface area contributed by atoms with Crippen LogP contribution in [0.25, 0.3) is 6.08 Å². The Kier molecular flexibility index (Phi) is 10.0. The second kappa shape index (κ2) is 13.8. The number of methoxy groups -OCH3 is 1. The summed E-state index contributed by atoms with van der Waals surface area (Å²) in [6.45, 7) is 5.07. The molecule has 0 spiro atoms. The van der Waals surface area contributed by atoms with Crippen molar-refractivity contribution in [2.75, 3.05) is 20.3 Å². The second-order valence-corrected chi connectivity index (χ2v) is 9.93. The molecule has 1 heterocycles. The first-order valence-corrected chi connectivity index (χ1v) is 14.0. The van der Waals surface area contributed by atoms with Gasteiger partial charge in [0.25, 0.3) is 11.8 Å². The van der Waals surface area contributed by atoms with Gasteiger partial charge in [-0.2, -0.15) is 0 Å². The molecule has 1 aliphatic rings. The average Bonchev–Trinajstić information content (AvgIpc) is 2.97. The number of ether oxygens (including phenoxy) is 4. The second-order valence-electron chi connectivity index (χ2n) is 9.08. The lowest BCUT2D eigenvalue weighted by molar-refractivity contribution is -0.130. The van der Waals surface area contributed by atoms with Crippen LogP contribution in [0.5, 0.6) is 23.0 Å². The van der Waals surface area contributed by atoms with E-state index >= 15 is 0 Å². The summed E-state index contributed by atoms with van der Waals surface area (Å²) < 4.78 is 23.5. The van der Waals surface area contributed by atoms with Crippen molar-refractivity contribution in [1.29, 1.82) is 0 Å². The van der Waals surface area contributed by atoms with E-state index in [1.54, 1.807) is 30.3 Å². The lowest BCUT2D eigenvalue weighted by atomic mass is 10.1. The van der Waals surface area contributed by atoms with E-state index in [4.69, 9.17) is 18.9 Å². The van der Waals surface area contributed by atoms with Gasteiger partial charge in [-0.1, -0.05) is 43.3 Å². The quantitative estimate of drug-likeness (QED) is 0.198. The van der Waals surface area contributed by atoms with Crippen molar-refractivity contribution in [3.63, 3.8) is 0 Å². The lowest BCUT2D eigenvalue weighted by Crippen LogP contribution is -2.53. The maximum atomic E-state index is 13.4. The summed E-state index contributed by atoms with van der Waals surface area (Å²) in [5, 5.41) is 2.26. The van der Waals surface area contributed by atoms with Crippen LogP contribution in [0.1, 0.15) is 37.0 Å². The molecule has 0 bridgehead atoms. The van der Waals surface area contributed by atoms with E-state index in [-0.39, 0.29) is 12.1 Å². The van der Waals surface area contributed by atoms with E-state index in [1.165, 1.54) is 13.2 Å². The standard InChI is InChI=1S/C31H31BrN2O7/c1-4-13-40-25-12-11-21(16-26(25)39-5-2)18-34-30(36)23(29(35)33-31(34)37)14-22-15-24(32)28(27(17-22)38-3)41-19-20-9-7-6-8-10-20/h6-12,14-17H,4-5,13,18-19H2,1-3H3,(H,33,35,37)/b23-14+. The molecule has 9 nitrogen and oxygen atoms in total. The molecule has 0 unspecified atom stereocenters. The minimum Gasteiger partial charge on any atom is -0.493 e. The Hall–Kier alpha value is -4.31. The van der Waals surface area contributed by atoms with Crippen LogP contribution in [0.4, 0.5) is 4.79 Å². The number of nitrogens with one attached hydrogen (secondary N) is 1. The van der Waals surface area contributed by atoms with Crippen LogP contribution in [-0.2, 0) is 22.7 Å². The molecule has 41 heavy (non-hydrogen) atoms. The molecule has 0 aromatic heterocycles. The normalized spacial score (nSPS) is 14.2. The van der Waals surface area contributed by atoms with Crippen LogP contribution in [0.15, 0.2) is 70.7 Å². The maximum absolute atomic E-state index is 13.4. The SMILES string of the molecule is CCCOc1ccc(CN2C(=O)NC(=O)/C(=C\c3cc(Br)c(OCc4ccccc4)c(OC)c3)C2=O)cc1OCC. The molecule has 0 saturated carbocycles. The number of nitrogens with zero attached hydrogens (tertiary/aromatic N) is 1. The molecule has 1 saturated heterocycles. The molecular formula is C31H31BrN2O7. The first kappa shape index (κ1) is 29.7. The number of hydrogen-bond donors (Lipinski definition) is 1. The summed E-state index contributed by atoms with van der Waals surface area (Å²) in [5.74, 6) is 0.482. The highest BCUT2D eigenvalue weighted by atomic mass is 79.9. The molecule has 1 N–H and O–H groups in total. The predicted octanol–water partition coefficient (Wildman–Crippen LogP) is 5.89. The number of urea groups is 1. The Morgan fingerprint density at radius 2 is 1.66 bits per heavy atom. The van der Waals surface area contributed by atoms with E-state index in [0.29, 0.717) is 58.4 Å². The van der Waals surface area contributed by atoms with E-state index < -0.39 is 17.8 Å². The number of rotatable bonds is 12. The fourth-order valence-electron chi connectivity index (χ4n) is 4.13. The van der Waals surface area contributed by atoms with Gasteiger partial charge in [0.15, 0.2) is 23.0 Å². The third-order valence-corrected chi connectivity index (χ3v) is 6.67. The molecule has 0 atom stereocenters. The molecule has 3 aromatic rings. The number of imide groups is 2. The minimum atomic E-state index is -0.801. The molecule has 10 heteroatoms. The van der Waals surface area contributed by atoms with Crippen molar-refractivity contribution in [2.45, 2.75) is 33.4 Å². The average molecular weight is 624 g/mol. The van der Waals surface area contributed by atoms with Crippen LogP contribution < -0.4 is 24.3 Å². The molecule has 3 aromatic carbocycles. The zero-order valence-electron chi connectivity index (χ0n) is 23.1. The first-order chi connectivity index (χ1) is 19.8. The minimum absolute atomic E-state index is 0.0668. The Labute approximate surface area is 247 Å². The molecule has 4 amide bonds. The molecular weight excluding hydrogens is 592 g/mol. The summed E-state index contributed by atoms with van der Waals surface area (Å²) in [4.78, 5) is 39.8. The van der Waals surface area contributed by atoms with Crippen LogP contribution in [0, 0.1) is 0 Å². The van der Waals surface area contributed by atoms with Crippen LogP contribution >= 0.6 is 15.9 Å². The van der Waals surface area contributed by atoms with Gasteiger partial charge in [-0.05, 0) is 76.3 Å². The van der Waals surface area contributed by atoms with Gasteiger partial charge in [-0.15, -0.1) is 0 Å². The summed E-state index contributed by atoms with van der Waals surface area (Å²) >= 11 is 3.51. The number of barbiturate groups is 1. The monoisotopic (exact) mass is 622 g/mol. The fraction of sp³-hybridized carbons (Fsp3) is 0.258. The number of halogens is 1. The summed E-state index contributed by atoms with van der Waals surface area (Å²) in [6.07, 6.45) is 2.25. The largest absolute Gasteiger partial charge is 0.493 e. The first-order valence-electron chi connectivity index (χ1n) is 13.2. The predicted molar refractivity (Wildman–Crippen MR) is 157 cm³/mol. The molecule has 0 aliphatic carbocycles. The number of benzene rings is 3. The van der Waals surface area contributed by atoms with Gasteiger partial charge in [-0.25, -0.2) is 4.79 Å². The number of amides is 4. The van der Waals surface area contributed by atoms with Crippen molar-refractivity contribution in [1.82, 2.24) is 10.2 Å². The lowest BCUT2D eigenvalue weighted by Gasteiger charge is -2.26. The summed E-state index contributed by atoms with van der Waals surface area (Å²) in [5.41, 5.74) is 1.94. The fourth-order valence-corrected chi connectivity index (χ4v) is 4.70. The third kappa shape index (κ3) is 7.26. The third-order valence-electron chi connectivity index (χ3n) is 6.08. The van der Waals surface area contributed by atoms with Gasteiger partial charge >= 0.3 is 6.03 Å². The Morgan fingerprint density at radius 1 is 0.878 bits per heavy atom. The van der Waals surface area contributed by atoms with E-state index in [9.17, 15) is 14.4 Å². The zero-order valence-corrected chi connectivity index (χ0v) is 24.7. The van der Waals surface area contributed by atoms with Crippen LogP contribution in [0.2, 0.25) is 0 Å². The Morgan fingerprint density at radius 3 is 2.37 bits per heavy atom. The van der Waals surface area contributed by atoms with Gasteiger partial charge < -0.3 is 18.9 Å². The van der Waals surface area contributed by atoms with Gasteiger partial charge in [0.05, 0.1) is 31.3 Å². The molecule has 1 aliphatic heterocycles. The topological polar surface area (TPSA) is 103 Å². The highest BCUT2D eigenvalue weighted by Gasteiger charge is 2.36. The van der Waals surface area contributed by atoms with Crippen molar-refractivity contribution in [3.05, 3.63) is 87.4 Å². The number of carbonyl (C=O) groups excluding carboxylic acids is 3. The van der Waals surface area contributed by atoms with Gasteiger partial charge in [0.2, 0.25) is 0 Å². The van der Waals surface area contributed by atoms with Gasteiger partial charge in [-0.3, -0.25) is 19.8 Å². The maximum Gasteiger partial charge on any atom is 0.331 e. The van der Waals surface area contributed by atoms with Gasteiger partial charge in [0.1, 0.15) is 12.2 Å². The van der Waals surface area contributed by atoms with E-state index in [0.717, 1.165) is 16.9 Å². The Balaban J connectivity index is 1.57. The van der Waals surface area contributed by atoms with Crippen LogP contribution in [-0.4, -0.2) is 43.1 Å². The summed E-state index contributed by atoms with van der Waals surface area (Å²) in [7, 11) is 1.50. The number of hydrogen-bond acceptors (Lipinski definition) is 7. The molecule has 4 rings (SSSR count). The van der Waals surface area contributed by atoms with Crippen LogP contribution in [0.3, 0.4) is 0 Å². The van der Waals surface area contributed by atoms with E-state index in [2.05, 4.69) is 21.2 Å². The van der Waals surface area contributed by atoms with Crippen molar-refractivity contribution < 1.29 is 33.3 Å². The van der Waals surface area contributed by atoms with E-state index in [1.807, 2.05) is 44.2 Å². The van der Waals surface area contributed by atoms with Crippen molar-refractivity contribution in [2.24, 2.45) is 0 Å². The molecule has 214 valence electrons. The summed E-state index contributed by atoms with van der Waals surface area (Å²) in [6, 6.07) is 17.5. The number of carbonyl (C=O) groups is 3. The highest BCUT2D eigenvalue weighted by Crippen LogP contribution is 2.38. The van der Waals surface area contributed by atoms with Crippen molar-refractivity contribution in [3.8, 4) is 23.0 Å². The van der Waals surface area contributed by atoms with Crippen molar-refractivity contribution >= 4 is 39.9 Å². The molecule has 0 radical (unpaired) electrons. The zero-order chi connectivity index (χ0) is 29.4.